The van der Waals surface area contributed by atoms with Crippen LogP contribution in [0.15, 0.2) is 115 Å². The second-order valence-corrected chi connectivity index (χ2v) is 12.4. The number of amides is 1. The average Bonchev–Trinajstić information content (AvgIpc) is 3.14. The first kappa shape index (κ1) is 34.4. The number of methoxy groups -OCH3 is 2. The van der Waals surface area contributed by atoms with Gasteiger partial charge in [0.05, 0.1) is 31.9 Å². The van der Waals surface area contributed by atoms with Crippen LogP contribution in [-0.4, -0.2) is 39.3 Å². The number of alkyl halides is 3. The van der Waals surface area contributed by atoms with Crippen LogP contribution < -0.4 is 24.6 Å². The minimum Gasteiger partial charge on any atom is -0.496 e. The normalized spacial score (nSPS) is 13.5. The number of piperidine rings is 1. The van der Waals surface area contributed by atoms with E-state index in [1.165, 1.54) is 12.1 Å². The fourth-order valence-electron chi connectivity index (χ4n) is 6.51. The van der Waals surface area contributed by atoms with Gasteiger partial charge in [-0.2, -0.15) is 13.2 Å². The SMILES string of the molecule is COc1cc(C)cc(OC)c1CN(C(=O)c1ccccc1-c1ccc(C(F)(F)F)cc1)c1ccc(N2CCC(Nc3ccccc3)CC2)cc1. The number of anilines is 3. The summed E-state index contributed by atoms with van der Waals surface area (Å²) in [7, 11) is 3.16. The Morgan fingerprint density at radius 2 is 1.42 bits per heavy atom. The summed E-state index contributed by atoms with van der Waals surface area (Å²) in [6.07, 6.45) is -2.47. The number of nitrogens with zero attached hydrogens (tertiary/aromatic N) is 2. The molecule has 5 aromatic carbocycles. The van der Waals surface area contributed by atoms with Crippen LogP contribution in [0.1, 0.15) is 39.9 Å². The number of hydrogen-bond donors (Lipinski definition) is 1. The molecular formula is C41H40F3N3O3. The Morgan fingerprint density at radius 3 is 2.02 bits per heavy atom. The largest absolute Gasteiger partial charge is 0.496 e. The molecule has 258 valence electrons. The lowest BCUT2D eigenvalue weighted by Crippen LogP contribution is -2.39. The molecule has 1 aliphatic heterocycles. The molecule has 0 spiro atoms. The first-order chi connectivity index (χ1) is 24.1. The summed E-state index contributed by atoms with van der Waals surface area (Å²) in [6, 6.07) is 34.2. The zero-order valence-corrected chi connectivity index (χ0v) is 28.3. The number of benzene rings is 5. The number of carbonyl (C=O) groups is 1. The molecule has 0 aliphatic carbocycles. The van der Waals surface area contributed by atoms with Crippen LogP contribution in [0.3, 0.4) is 0 Å². The highest BCUT2D eigenvalue weighted by molar-refractivity contribution is 6.10. The van der Waals surface area contributed by atoms with Crippen molar-refractivity contribution in [3.63, 3.8) is 0 Å². The third-order valence-electron chi connectivity index (χ3n) is 9.16. The zero-order chi connectivity index (χ0) is 35.3. The van der Waals surface area contributed by atoms with E-state index in [2.05, 4.69) is 22.3 Å². The Morgan fingerprint density at radius 1 is 0.820 bits per heavy atom. The van der Waals surface area contributed by atoms with Crippen LogP contribution in [0.25, 0.3) is 11.1 Å². The molecule has 9 heteroatoms. The summed E-state index contributed by atoms with van der Waals surface area (Å²) in [6.45, 7) is 3.86. The number of hydrogen-bond acceptors (Lipinski definition) is 5. The lowest BCUT2D eigenvalue weighted by atomic mass is 9.97. The van der Waals surface area contributed by atoms with Gasteiger partial charge in [0.1, 0.15) is 11.5 Å². The van der Waals surface area contributed by atoms with Gasteiger partial charge in [-0.05, 0) is 103 Å². The Labute approximate surface area is 291 Å². The van der Waals surface area contributed by atoms with Crippen LogP contribution in [-0.2, 0) is 12.7 Å². The van der Waals surface area contributed by atoms with Crippen molar-refractivity contribution in [2.75, 3.05) is 42.4 Å². The van der Waals surface area contributed by atoms with Crippen LogP contribution in [0.4, 0.5) is 30.2 Å². The molecule has 0 radical (unpaired) electrons. The number of halogens is 3. The summed E-state index contributed by atoms with van der Waals surface area (Å²) < 4.78 is 51.5. The van der Waals surface area contributed by atoms with Gasteiger partial charge in [-0.1, -0.05) is 48.5 Å². The Balaban J connectivity index is 1.31. The maximum absolute atomic E-state index is 14.7. The van der Waals surface area contributed by atoms with Crippen molar-refractivity contribution in [3.05, 3.63) is 138 Å². The van der Waals surface area contributed by atoms with Gasteiger partial charge in [0.25, 0.3) is 5.91 Å². The van der Waals surface area contributed by atoms with E-state index >= 15 is 0 Å². The maximum atomic E-state index is 14.7. The molecule has 1 fully saturated rings. The molecular weight excluding hydrogens is 639 g/mol. The van der Waals surface area contributed by atoms with Gasteiger partial charge >= 0.3 is 6.18 Å². The van der Waals surface area contributed by atoms with Gasteiger partial charge in [0.15, 0.2) is 0 Å². The van der Waals surface area contributed by atoms with Gasteiger partial charge in [-0.3, -0.25) is 4.79 Å². The molecule has 0 saturated carbocycles. The second-order valence-electron chi connectivity index (χ2n) is 12.4. The van der Waals surface area contributed by atoms with Gasteiger partial charge in [-0.15, -0.1) is 0 Å². The Bertz CT molecular complexity index is 1880. The molecule has 6 nitrogen and oxygen atoms in total. The van der Waals surface area contributed by atoms with E-state index < -0.39 is 11.7 Å². The van der Waals surface area contributed by atoms with Crippen molar-refractivity contribution < 1.29 is 27.4 Å². The molecule has 5 aromatic rings. The number of carbonyl (C=O) groups excluding carboxylic acids is 1. The molecule has 0 aromatic heterocycles. The molecule has 0 bridgehead atoms. The second kappa shape index (κ2) is 15.0. The van der Waals surface area contributed by atoms with Crippen molar-refractivity contribution in [1.29, 1.82) is 0 Å². The third kappa shape index (κ3) is 7.72. The zero-order valence-electron chi connectivity index (χ0n) is 28.3. The highest BCUT2D eigenvalue weighted by Crippen LogP contribution is 2.36. The first-order valence-corrected chi connectivity index (χ1v) is 16.6. The van der Waals surface area contributed by atoms with Crippen LogP contribution in [0.2, 0.25) is 0 Å². The van der Waals surface area contributed by atoms with Crippen molar-refractivity contribution in [1.82, 2.24) is 0 Å². The van der Waals surface area contributed by atoms with E-state index in [1.54, 1.807) is 43.4 Å². The van der Waals surface area contributed by atoms with Gasteiger partial charge in [0.2, 0.25) is 0 Å². The fraction of sp³-hybridized carbons (Fsp3) is 0.244. The molecule has 1 N–H and O–H groups in total. The Kier molecular flexibility index (Phi) is 10.3. The molecule has 1 amide bonds. The first-order valence-electron chi connectivity index (χ1n) is 16.6. The monoisotopic (exact) mass is 679 g/mol. The summed E-state index contributed by atoms with van der Waals surface area (Å²) in [5.74, 6) is 0.851. The number of nitrogens with one attached hydrogen (secondary N) is 1. The standard InChI is InChI=1S/C41H40F3N3O3/c1-28-25-38(49-2)37(39(26-28)50-3)27-47(40(48)36-12-8-7-11-35(36)29-13-15-30(16-14-29)41(42,43)44)34-19-17-33(18-20-34)46-23-21-32(22-24-46)45-31-9-5-4-6-10-31/h4-20,25-26,32,45H,21-24,27H2,1-3H3. The molecule has 50 heavy (non-hydrogen) atoms. The molecule has 0 atom stereocenters. The molecule has 1 aliphatic rings. The van der Waals surface area contributed by atoms with E-state index in [0.717, 1.165) is 55.0 Å². The van der Waals surface area contributed by atoms with Gasteiger partial charge < -0.3 is 24.6 Å². The quantitative estimate of drug-likeness (QED) is 0.159. The highest BCUT2D eigenvalue weighted by Gasteiger charge is 2.31. The predicted molar refractivity (Wildman–Crippen MR) is 193 cm³/mol. The summed E-state index contributed by atoms with van der Waals surface area (Å²) in [5, 5.41) is 3.63. The Hall–Kier alpha value is -5.44. The van der Waals surface area contributed by atoms with E-state index in [-0.39, 0.29) is 12.5 Å². The highest BCUT2D eigenvalue weighted by atomic mass is 19.4. The third-order valence-corrected chi connectivity index (χ3v) is 9.16. The number of aryl methyl sites for hydroxylation is 1. The topological polar surface area (TPSA) is 54.0 Å². The summed E-state index contributed by atoms with van der Waals surface area (Å²) >= 11 is 0. The van der Waals surface area contributed by atoms with Gasteiger partial charge in [0, 0.05) is 41.8 Å². The lowest BCUT2D eigenvalue weighted by molar-refractivity contribution is -0.137. The number of rotatable bonds is 10. The van der Waals surface area contributed by atoms with Crippen LogP contribution in [0.5, 0.6) is 11.5 Å². The van der Waals surface area contributed by atoms with Crippen LogP contribution >= 0.6 is 0 Å². The van der Waals surface area contributed by atoms with Crippen molar-refractivity contribution >= 4 is 23.0 Å². The maximum Gasteiger partial charge on any atom is 0.416 e. The molecule has 1 saturated heterocycles. The van der Waals surface area contributed by atoms with E-state index in [9.17, 15) is 18.0 Å². The van der Waals surface area contributed by atoms with E-state index in [4.69, 9.17) is 9.47 Å². The predicted octanol–water partition coefficient (Wildman–Crippen LogP) is 9.63. The summed E-state index contributed by atoms with van der Waals surface area (Å²) in [5.41, 5.74) is 5.13. The summed E-state index contributed by atoms with van der Waals surface area (Å²) in [4.78, 5) is 18.7. The van der Waals surface area contributed by atoms with E-state index in [1.807, 2.05) is 61.5 Å². The van der Waals surface area contributed by atoms with Crippen LogP contribution in [0, 0.1) is 6.92 Å². The minimum atomic E-state index is -4.46. The fourth-order valence-corrected chi connectivity index (χ4v) is 6.51. The van der Waals surface area contributed by atoms with Crippen molar-refractivity contribution in [3.8, 4) is 22.6 Å². The molecule has 0 unspecified atom stereocenters. The smallest absolute Gasteiger partial charge is 0.416 e. The van der Waals surface area contributed by atoms with Crippen molar-refractivity contribution in [2.24, 2.45) is 0 Å². The minimum absolute atomic E-state index is 0.128. The average molecular weight is 680 g/mol. The van der Waals surface area contributed by atoms with E-state index in [0.29, 0.717) is 45.5 Å². The molecule has 1 heterocycles. The molecule has 6 rings (SSSR count). The lowest BCUT2D eigenvalue weighted by Gasteiger charge is -2.34. The number of para-hydroxylation sites is 1. The van der Waals surface area contributed by atoms with Gasteiger partial charge in [-0.25, -0.2) is 0 Å². The van der Waals surface area contributed by atoms with Crippen molar-refractivity contribution in [2.45, 2.75) is 38.5 Å². The number of ether oxygens (including phenoxy) is 2.